The molecule has 2 rings (SSSR count). The maximum Gasteiger partial charge on any atom is 0.139 e. The van der Waals surface area contributed by atoms with Gasteiger partial charge in [0.25, 0.3) is 0 Å². The molecule has 4 unspecified atom stereocenters. The smallest absolute Gasteiger partial charge is 0.139 e. The van der Waals surface area contributed by atoms with Crippen LogP contribution in [0.15, 0.2) is 0 Å². The normalized spacial score (nSPS) is 50.6. The molecular weight excluding hydrogens is 184 g/mol. The van der Waals surface area contributed by atoms with Gasteiger partial charge >= 0.3 is 0 Å². The molecule has 2 aliphatic rings. The van der Waals surface area contributed by atoms with E-state index in [1.807, 2.05) is 0 Å². The van der Waals surface area contributed by atoms with Crippen LogP contribution in [-0.4, -0.2) is 25.4 Å². The standard InChI is InChI=1S/C10H18O4/c1-7-5-9(7,13-11-3)10(14-12-4)6-8(10)2/h7-8H,5-6H2,1-4H3. The third-order valence-corrected chi connectivity index (χ3v) is 3.67. The lowest BCUT2D eigenvalue weighted by molar-refractivity contribution is -0.400. The molecule has 0 amide bonds. The zero-order valence-electron chi connectivity index (χ0n) is 9.20. The van der Waals surface area contributed by atoms with E-state index >= 15 is 0 Å². The first-order chi connectivity index (χ1) is 6.63. The molecule has 0 N–H and O–H groups in total. The van der Waals surface area contributed by atoms with Crippen LogP contribution >= 0.6 is 0 Å². The fourth-order valence-electron chi connectivity index (χ4n) is 2.64. The molecular formula is C10H18O4. The summed E-state index contributed by atoms with van der Waals surface area (Å²) in [7, 11) is 3.08. The third-order valence-electron chi connectivity index (χ3n) is 3.67. The molecule has 2 saturated carbocycles. The van der Waals surface area contributed by atoms with Gasteiger partial charge in [-0.2, -0.15) is 0 Å². The van der Waals surface area contributed by atoms with Crippen LogP contribution in [0.25, 0.3) is 0 Å². The van der Waals surface area contributed by atoms with Crippen molar-refractivity contribution in [3.63, 3.8) is 0 Å². The fourth-order valence-corrected chi connectivity index (χ4v) is 2.64. The minimum atomic E-state index is -0.281. The highest BCUT2D eigenvalue weighted by Crippen LogP contribution is 2.67. The van der Waals surface area contributed by atoms with Crippen LogP contribution in [0, 0.1) is 11.8 Å². The van der Waals surface area contributed by atoms with Gasteiger partial charge in [-0.3, -0.25) is 0 Å². The minimum absolute atomic E-state index is 0.281. The quantitative estimate of drug-likeness (QED) is 0.502. The molecule has 0 radical (unpaired) electrons. The summed E-state index contributed by atoms with van der Waals surface area (Å²) in [5, 5.41) is 0. The summed E-state index contributed by atoms with van der Waals surface area (Å²) in [6.45, 7) is 4.29. The highest BCUT2D eigenvalue weighted by molar-refractivity contribution is 5.25. The highest BCUT2D eigenvalue weighted by Gasteiger charge is 2.78. The molecule has 4 atom stereocenters. The van der Waals surface area contributed by atoms with Crippen molar-refractivity contribution in [3.05, 3.63) is 0 Å². The van der Waals surface area contributed by atoms with Crippen LogP contribution < -0.4 is 0 Å². The van der Waals surface area contributed by atoms with Crippen LogP contribution in [0.4, 0.5) is 0 Å². The maximum absolute atomic E-state index is 5.40. The topological polar surface area (TPSA) is 36.9 Å². The van der Waals surface area contributed by atoms with E-state index in [1.165, 1.54) is 0 Å². The van der Waals surface area contributed by atoms with E-state index in [4.69, 9.17) is 19.6 Å². The van der Waals surface area contributed by atoms with Crippen molar-refractivity contribution in [2.45, 2.75) is 37.9 Å². The molecule has 0 aromatic rings. The summed E-state index contributed by atoms with van der Waals surface area (Å²) < 4.78 is 0. The van der Waals surface area contributed by atoms with Crippen LogP contribution in [0.5, 0.6) is 0 Å². The number of rotatable bonds is 5. The summed E-state index contributed by atoms with van der Waals surface area (Å²) in [4.78, 5) is 20.4. The molecule has 2 aliphatic carbocycles. The molecule has 4 heteroatoms. The molecule has 0 bridgehead atoms. The molecule has 14 heavy (non-hydrogen) atoms. The van der Waals surface area contributed by atoms with E-state index < -0.39 is 0 Å². The van der Waals surface area contributed by atoms with Gasteiger partial charge in [0.15, 0.2) is 0 Å². The Morgan fingerprint density at radius 1 is 0.857 bits per heavy atom. The summed E-state index contributed by atoms with van der Waals surface area (Å²) in [6.07, 6.45) is 1.96. The summed E-state index contributed by atoms with van der Waals surface area (Å²) >= 11 is 0. The molecule has 0 saturated heterocycles. The van der Waals surface area contributed by atoms with Gasteiger partial charge in [0.1, 0.15) is 11.2 Å². The SMILES string of the molecule is COOC1(C2(OOC)CC2C)CC1C. The summed E-state index contributed by atoms with van der Waals surface area (Å²) in [5.41, 5.74) is -0.561. The lowest BCUT2D eigenvalue weighted by Crippen LogP contribution is -2.39. The Labute approximate surface area is 84.3 Å². The van der Waals surface area contributed by atoms with Gasteiger partial charge in [0, 0.05) is 0 Å². The highest BCUT2D eigenvalue weighted by atomic mass is 17.2. The maximum atomic E-state index is 5.40. The Kier molecular flexibility index (Phi) is 2.34. The van der Waals surface area contributed by atoms with Gasteiger partial charge < -0.3 is 0 Å². The third kappa shape index (κ3) is 1.15. The molecule has 0 spiro atoms. The number of hydrogen-bond acceptors (Lipinski definition) is 4. The zero-order chi connectivity index (χ0) is 10.4. The van der Waals surface area contributed by atoms with Crippen LogP contribution in [-0.2, 0) is 19.6 Å². The second-order valence-corrected chi connectivity index (χ2v) is 4.49. The van der Waals surface area contributed by atoms with E-state index in [0.717, 1.165) is 12.8 Å². The van der Waals surface area contributed by atoms with Crippen molar-refractivity contribution in [1.29, 1.82) is 0 Å². The van der Waals surface area contributed by atoms with Gasteiger partial charge in [-0.1, -0.05) is 13.8 Å². The Balaban J connectivity index is 2.11. The lowest BCUT2D eigenvalue weighted by Gasteiger charge is -2.25. The Bertz CT molecular complexity index is 208. The van der Waals surface area contributed by atoms with Crippen LogP contribution in [0.1, 0.15) is 26.7 Å². The average molecular weight is 202 g/mol. The van der Waals surface area contributed by atoms with Crippen molar-refractivity contribution >= 4 is 0 Å². The van der Waals surface area contributed by atoms with E-state index in [1.54, 1.807) is 14.2 Å². The fraction of sp³-hybridized carbons (Fsp3) is 1.00. The van der Waals surface area contributed by atoms with Crippen LogP contribution in [0.2, 0.25) is 0 Å². The monoisotopic (exact) mass is 202 g/mol. The van der Waals surface area contributed by atoms with Gasteiger partial charge in [-0.25, -0.2) is 19.6 Å². The molecule has 0 aromatic heterocycles. The molecule has 0 aromatic carbocycles. The number of hydrogen-bond donors (Lipinski definition) is 0. The lowest BCUT2D eigenvalue weighted by atomic mass is 10.1. The molecule has 0 heterocycles. The van der Waals surface area contributed by atoms with Crippen LogP contribution in [0.3, 0.4) is 0 Å². The van der Waals surface area contributed by atoms with Crippen molar-refractivity contribution in [1.82, 2.24) is 0 Å². The van der Waals surface area contributed by atoms with E-state index in [9.17, 15) is 0 Å². The van der Waals surface area contributed by atoms with Gasteiger partial charge in [-0.05, 0) is 24.7 Å². The van der Waals surface area contributed by atoms with Crippen molar-refractivity contribution in [2.24, 2.45) is 11.8 Å². The van der Waals surface area contributed by atoms with Gasteiger partial charge in [-0.15, -0.1) is 0 Å². The Morgan fingerprint density at radius 3 is 1.29 bits per heavy atom. The molecule has 0 aliphatic heterocycles. The van der Waals surface area contributed by atoms with Crippen molar-refractivity contribution < 1.29 is 19.6 Å². The Hall–Kier alpha value is -0.160. The summed E-state index contributed by atoms with van der Waals surface area (Å²) in [5.74, 6) is 0.949. The van der Waals surface area contributed by atoms with Crippen molar-refractivity contribution in [3.8, 4) is 0 Å². The predicted molar refractivity (Wildman–Crippen MR) is 49.2 cm³/mol. The zero-order valence-corrected chi connectivity index (χ0v) is 9.20. The predicted octanol–water partition coefficient (Wildman–Crippen LogP) is 1.70. The van der Waals surface area contributed by atoms with E-state index in [0.29, 0.717) is 11.8 Å². The van der Waals surface area contributed by atoms with Gasteiger partial charge in [0.05, 0.1) is 14.2 Å². The first-order valence-corrected chi connectivity index (χ1v) is 5.06. The molecule has 2 fully saturated rings. The first kappa shape index (κ1) is 10.4. The Morgan fingerprint density at radius 2 is 1.14 bits per heavy atom. The minimum Gasteiger partial charge on any atom is -0.239 e. The second kappa shape index (κ2) is 3.17. The van der Waals surface area contributed by atoms with E-state index in [-0.39, 0.29) is 11.2 Å². The summed E-state index contributed by atoms with van der Waals surface area (Å²) in [6, 6.07) is 0. The molecule has 4 nitrogen and oxygen atoms in total. The first-order valence-electron chi connectivity index (χ1n) is 5.06. The van der Waals surface area contributed by atoms with Gasteiger partial charge in [0.2, 0.25) is 0 Å². The van der Waals surface area contributed by atoms with E-state index in [2.05, 4.69) is 13.8 Å². The average Bonchev–Trinajstić information content (AvgIpc) is 2.95. The van der Waals surface area contributed by atoms with Crippen molar-refractivity contribution in [2.75, 3.05) is 14.2 Å². The second-order valence-electron chi connectivity index (χ2n) is 4.49. The largest absolute Gasteiger partial charge is 0.239 e. The molecule has 82 valence electrons.